The normalized spacial score (nSPS) is 19.8. The molecule has 2 unspecified atom stereocenters. The van der Waals surface area contributed by atoms with Crippen LogP contribution in [0, 0.1) is 5.92 Å². The van der Waals surface area contributed by atoms with Gasteiger partial charge < -0.3 is 10.2 Å². The zero-order valence-electron chi connectivity index (χ0n) is 17.6. The van der Waals surface area contributed by atoms with Crippen LogP contribution in [0.25, 0.3) is 11.4 Å². The van der Waals surface area contributed by atoms with Crippen molar-refractivity contribution in [1.82, 2.24) is 24.8 Å². The van der Waals surface area contributed by atoms with Gasteiger partial charge in [0.25, 0.3) is 11.8 Å². The number of halogens is 4. The molecule has 3 aromatic rings. The second-order valence-electron chi connectivity index (χ2n) is 7.91. The summed E-state index contributed by atoms with van der Waals surface area (Å²) in [5, 5.41) is 3.70. The molecule has 4 rings (SSSR count). The van der Waals surface area contributed by atoms with Gasteiger partial charge in [0, 0.05) is 35.9 Å². The number of likely N-dealkylation sites (tertiary alicyclic amines) is 1. The van der Waals surface area contributed by atoms with Crippen molar-refractivity contribution in [2.75, 3.05) is 18.4 Å². The molecule has 0 spiro atoms. The van der Waals surface area contributed by atoms with Crippen LogP contribution in [0.5, 0.6) is 0 Å². The summed E-state index contributed by atoms with van der Waals surface area (Å²) in [6.45, 7) is 1.16. The quantitative estimate of drug-likeness (QED) is 0.548. The third-order valence-electron chi connectivity index (χ3n) is 5.45. The second-order valence-corrected chi connectivity index (χ2v) is 8.78. The average molecular weight is 493 g/mol. The van der Waals surface area contributed by atoms with E-state index in [1.165, 1.54) is 23.4 Å². The molecule has 7 nitrogen and oxygen atoms in total. The molecule has 11 heteroatoms. The van der Waals surface area contributed by atoms with Crippen LogP contribution < -0.4 is 5.32 Å². The minimum Gasteiger partial charge on any atom is -0.352 e. The lowest BCUT2D eigenvalue weighted by Crippen LogP contribution is -2.57. The van der Waals surface area contributed by atoms with Crippen LogP contribution in [-0.4, -0.2) is 55.8 Å². The van der Waals surface area contributed by atoms with E-state index in [2.05, 4.69) is 25.3 Å². The van der Waals surface area contributed by atoms with E-state index < -0.39 is 30.3 Å². The minimum atomic E-state index is -3.02. The standard InChI is InChI=1S/C22H20Cl2F2N6O/c1-13-8-22(25,26)12-32(18(13)11-31-21-29-9-15(24)10-30-21)20(33)17-7-14(23)3-4-16(17)19-27-5-2-6-28-19/h2-7,9-10,13,18H,8,11-12H2,1H3,(H,29,30,31). The topological polar surface area (TPSA) is 83.9 Å². The third-order valence-corrected chi connectivity index (χ3v) is 5.88. The van der Waals surface area contributed by atoms with E-state index in [0.717, 1.165) is 0 Å². The molecule has 2 aromatic heterocycles. The van der Waals surface area contributed by atoms with Crippen molar-refractivity contribution in [1.29, 1.82) is 0 Å². The maximum atomic E-state index is 14.6. The SMILES string of the molecule is CC1CC(F)(F)CN(C(=O)c2cc(Cl)ccc2-c2ncccn2)C1CNc1ncc(Cl)cn1. The van der Waals surface area contributed by atoms with Crippen LogP contribution >= 0.6 is 23.2 Å². The number of benzene rings is 1. The molecule has 1 aliphatic rings. The fraction of sp³-hybridized carbons (Fsp3) is 0.318. The van der Waals surface area contributed by atoms with Crippen LogP contribution in [-0.2, 0) is 0 Å². The van der Waals surface area contributed by atoms with Gasteiger partial charge in [-0.2, -0.15) is 0 Å². The van der Waals surface area contributed by atoms with Crippen LogP contribution in [0.15, 0.2) is 49.1 Å². The molecular weight excluding hydrogens is 473 g/mol. The first-order valence-corrected chi connectivity index (χ1v) is 11.0. The van der Waals surface area contributed by atoms with E-state index in [-0.39, 0.29) is 24.5 Å². The second kappa shape index (κ2) is 9.52. The zero-order valence-corrected chi connectivity index (χ0v) is 19.1. The van der Waals surface area contributed by atoms with Gasteiger partial charge in [0.15, 0.2) is 5.82 Å². The van der Waals surface area contributed by atoms with Gasteiger partial charge >= 0.3 is 0 Å². The Kier molecular flexibility index (Phi) is 6.71. The smallest absolute Gasteiger partial charge is 0.265 e. The minimum absolute atomic E-state index is 0.159. The molecule has 1 saturated heterocycles. The number of rotatable bonds is 5. The van der Waals surface area contributed by atoms with Gasteiger partial charge in [-0.25, -0.2) is 28.7 Å². The third kappa shape index (κ3) is 5.36. The summed E-state index contributed by atoms with van der Waals surface area (Å²) in [5.41, 5.74) is 0.575. The molecule has 3 heterocycles. The Morgan fingerprint density at radius 3 is 2.55 bits per heavy atom. The van der Waals surface area contributed by atoms with Crippen molar-refractivity contribution in [3.8, 4) is 11.4 Å². The lowest BCUT2D eigenvalue weighted by molar-refractivity contribution is -0.0897. The van der Waals surface area contributed by atoms with Crippen molar-refractivity contribution in [3.63, 3.8) is 0 Å². The lowest BCUT2D eigenvalue weighted by atomic mass is 9.87. The Morgan fingerprint density at radius 2 is 1.85 bits per heavy atom. The van der Waals surface area contributed by atoms with Crippen LogP contribution in [0.4, 0.5) is 14.7 Å². The average Bonchev–Trinajstić information content (AvgIpc) is 2.79. The van der Waals surface area contributed by atoms with E-state index >= 15 is 0 Å². The van der Waals surface area contributed by atoms with Crippen molar-refractivity contribution in [2.45, 2.75) is 25.3 Å². The first-order chi connectivity index (χ1) is 15.7. The number of nitrogens with zero attached hydrogens (tertiary/aromatic N) is 5. The Balaban J connectivity index is 1.67. The van der Waals surface area contributed by atoms with Gasteiger partial charge in [0.05, 0.1) is 35.6 Å². The number of aromatic nitrogens is 4. The molecule has 0 bridgehead atoms. The Morgan fingerprint density at radius 1 is 1.15 bits per heavy atom. The number of carbonyl (C=O) groups excluding carboxylic acids is 1. The first-order valence-electron chi connectivity index (χ1n) is 10.2. The highest BCUT2D eigenvalue weighted by molar-refractivity contribution is 6.31. The summed E-state index contributed by atoms with van der Waals surface area (Å²) in [7, 11) is 0. The highest BCUT2D eigenvalue weighted by atomic mass is 35.5. The zero-order chi connectivity index (χ0) is 23.6. The highest BCUT2D eigenvalue weighted by Gasteiger charge is 2.46. The van der Waals surface area contributed by atoms with Crippen molar-refractivity contribution < 1.29 is 13.6 Å². The van der Waals surface area contributed by atoms with Gasteiger partial charge in [0.1, 0.15) is 0 Å². The number of amides is 1. The van der Waals surface area contributed by atoms with E-state index in [1.54, 1.807) is 37.5 Å². The largest absolute Gasteiger partial charge is 0.352 e. The van der Waals surface area contributed by atoms with Gasteiger partial charge in [-0.1, -0.05) is 30.1 Å². The number of hydrogen-bond donors (Lipinski definition) is 1. The first kappa shape index (κ1) is 23.3. The molecule has 1 aliphatic heterocycles. The Hall–Kier alpha value is -2.91. The molecular formula is C22H20Cl2F2N6O. The molecule has 1 aromatic carbocycles. The van der Waals surface area contributed by atoms with Crippen molar-refractivity contribution in [3.05, 3.63) is 64.7 Å². The predicted molar refractivity (Wildman–Crippen MR) is 122 cm³/mol. The fourth-order valence-electron chi connectivity index (χ4n) is 3.96. The van der Waals surface area contributed by atoms with E-state index in [1.807, 2.05) is 0 Å². The molecule has 0 aliphatic carbocycles. The molecule has 1 amide bonds. The number of carbonyl (C=O) groups is 1. The number of hydrogen-bond acceptors (Lipinski definition) is 6. The maximum absolute atomic E-state index is 14.6. The number of alkyl halides is 2. The highest BCUT2D eigenvalue weighted by Crippen LogP contribution is 2.36. The van der Waals surface area contributed by atoms with Crippen molar-refractivity contribution >= 4 is 35.1 Å². The molecule has 1 N–H and O–H groups in total. The van der Waals surface area contributed by atoms with E-state index in [0.29, 0.717) is 21.4 Å². The summed E-state index contributed by atoms with van der Waals surface area (Å²) in [6, 6.07) is 5.79. The van der Waals surface area contributed by atoms with Gasteiger partial charge in [-0.15, -0.1) is 0 Å². The van der Waals surface area contributed by atoms with Gasteiger partial charge in [0.2, 0.25) is 5.95 Å². The lowest BCUT2D eigenvalue weighted by Gasteiger charge is -2.43. The fourth-order valence-corrected chi connectivity index (χ4v) is 4.23. The van der Waals surface area contributed by atoms with Crippen LogP contribution in [0.2, 0.25) is 10.0 Å². The van der Waals surface area contributed by atoms with Crippen molar-refractivity contribution in [2.24, 2.45) is 5.92 Å². The molecule has 1 fully saturated rings. The van der Waals surface area contributed by atoms with E-state index in [9.17, 15) is 13.6 Å². The summed E-state index contributed by atoms with van der Waals surface area (Å²) in [5.74, 6) is -3.50. The number of nitrogens with one attached hydrogen (secondary N) is 1. The molecule has 0 radical (unpaired) electrons. The Bertz CT molecular complexity index is 1130. The summed E-state index contributed by atoms with van der Waals surface area (Å²) in [6.07, 6.45) is 5.60. The number of piperidine rings is 1. The van der Waals surface area contributed by atoms with E-state index in [4.69, 9.17) is 23.2 Å². The van der Waals surface area contributed by atoms with Gasteiger partial charge in [-0.3, -0.25) is 4.79 Å². The summed E-state index contributed by atoms with van der Waals surface area (Å²) < 4.78 is 29.1. The summed E-state index contributed by atoms with van der Waals surface area (Å²) >= 11 is 12.0. The predicted octanol–water partition coefficient (Wildman–Crippen LogP) is 4.84. The summed E-state index contributed by atoms with van der Waals surface area (Å²) in [4.78, 5) is 31.4. The van der Waals surface area contributed by atoms with Gasteiger partial charge in [-0.05, 0) is 30.2 Å². The molecule has 172 valence electrons. The van der Waals surface area contributed by atoms with Crippen LogP contribution in [0.1, 0.15) is 23.7 Å². The number of anilines is 1. The molecule has 33 heavy (non-hydrogen) atoms. The Labute approximate surface area is 199 Å². The molecule has 0 saturated carbocycles. The maximum Gasteiger partial charge on any atom is 0.265 e. The van der Waals surface area contributed by atoms with Crippen LogP contribution in [0.3, 0.4) is 0 Å². The monoisotopic (exact) mass is 492 g/mol. The molecule has 2 atom stereocenters.